The molecule has 3 heterocycles. The van der Waals surface area contributed by atoms with Crippen molar-refractivity contribution >= 4 is 40.2 Å². The zero-order valence-corrected chi connectivity index (χ0v) is 27.9. The number of rotatable bonds is 12. The number of benzene rings is 2. The average Bonchev–Trinajstić information content (AvgIpc) is 3.51. The minimum absolute atomic E-state index is 0.0430. The normalized spacial score (nSPS) is 12.5. The van der Waals surface area contributed by atoms with Crippen LogP contribution in [0.5, 0.6) is 0 Å². The van der Waals surface area contributed by atoms with E-state index in [-0.39, 0.29) is 28.2 Å². The molecule has 1 aliphatic rings. The lowest BCUT2D eigenvalue weighted by molar-refractivity contribution is 0.0695. The Morgan fingerprint density at radius 2 is 1.23 bits per heavy atom. The summed E-state index contributed by atoms with van der Waals surface area (Å²) in [5.74, 6) is -0.474. The number of nitrogens with zero attached hydrogens (tertiary/aromatic N) is 3. The molecule has 0 spiro atoms. The minimum Gasteiger partial charge on any atom is -0.478 e. The first-order valence-electron chi connectivity index (χ1n) is 15.0. The maximum Gasteiger partial charge on any atom is 0.336 e. The summed E-state index contributed by atoms with van der Waals surface area (Å²) in [7, 11) is 0. The van der Waals surface area contributed by atoms with Crippen LogP contribution in [0, 0.1) is 13.8 Å². The second-order valence-corrected chi connectivity index (χ2v) is 12.4. The van der Waals surface area contributed by atoms with Crippen LogP contribution in [0.15, 0.2) is 94.8 Å². The van der Waals surface area contributed by atoms with E-state index in [1.807, 2.05) is 60.7 Å². The Bertz CT molecular complexity index is 1810. The number of aromatic carboxylic acids is 1. The molecule has 12 heteroatoms. The van der Waals surface area contributed by atoms with Crippen molar-refractivity contribution in [1.29, 1.82) is 0 Å². The van der Waals surface area contributed by atoms with Gasteiger partial charge in [0.25, 0.3) is 17.0 Å². The number of hydrogen-bond donors (Lipinski definition) is 1. The van der Waals surface area contributed by atoms with Gasteiger partial charge in [0.15, 0.2) is 0 Å². The molecule has 2 aromatic heterocycles. The zero-order chi connectivity index (χ0) is 33.8. The van der Waals surface area contributed by atoms with Crippen molar-refractivity contribution < 1.29 is 24.2 Å². The lowest BCUT2D eigenvalue weighted by Gasteiger charge is -2.17. The topological polar surface area (TPSA) is 120 Å². The van der Waals surface area contributed by atoms with Crippen LogP contribution in [-0.2, 0) is 35.8 Å². The molecule has 2 aromatic carbocycles. The number of thioether (sulfide) groups is 1. The van der Waals surface area contributed by atoms with E-state index in [4.69, 9.17) is 26.8 Å². The van der Waals surface area contributed by atoms with E-state index in [1.54, 1.807) is 28.7 Å². The number of thiocarbonyl (C=S) groups is 1. The number of hydrogen-bond acceptors (Lipinski definition) is 8. The van der Waals surface area contributed by atoms with Gasteiger partial charge in [-0.1, -0.05) is 84.6 Å². The molecule has 1 saturated heterocycles. The van der Waals surface area contributed by atoms with E-state index in [2.05, 4.69) is 0 Å². The maximum absolute atomic E-state index is 12.6. The third kappa shape index (κ3) is 9.82. The van der Waals surface area contributed by atoms with E-state index in [1.165, 1.54) is 35.5 Å². The Morgan fingerprint density at radius 3 is 1.68 bits per heavy atom. The first-order valence-corrected chi connectivity index (χ1v) is 16.4. The standard InChI is InChI=1S/C19H20N2O3S2.C16H17NO4/c1-14-16(18(23)21-10-12-26-19(21)25)7-8-20(17(14)22)9-11-24-13-15-5-3-2-4-6-15;1-12-14(16(19)20)7-8-17(15(12)18)9-10-21-11-13-5-3-2-4-6-13/h2-8H,9-13H2,1H3;2-8H,9-11H2,1H3,(H,19,20). The van der Waals surface area contributed by atoms with Crippen molar-refractivity contribution in [3.63, 3.8) is 0 Å². The highest BCUT2D eigenvalue weighted by molar-refractivity contribution is 8.23. The molecule has 47 heavy (non-hydrogen) atoms. The number of ether oxygens (including phenoxy) is 2. The molecular formula is C35H37N3O7S2. The first-order chi connectivity index (χ1) is 22.7. The lowest BCUT2D eigenvalue weighted by Crippen LogP contribution is -2.34. The summed E-state index contributed by atoms with van der Waals surface area (Å²) >= 11 is 6.69. The quantitative estimate of drug-likeness (QED) is 0.165. The molecule has 246 valence electrons. The van der Waals surface area contributed by atoms with Crippen molar-refractivity contribution in [3.05, 3.63) is 139 Å². The van der Waals surface area contributed by atoms with Gasteiger partial charge in [-0.2, -0.15) is 0 Å². The molecule has 0 aliphatic carbocycles. The molecule has 1 fully saturated rings. The predicted octanol–water partition coefficient (Wildman–Crippen LogP) is 4.92. The zero-order valence-electron chi connectivity index (χ0n) is 26.3. The van der Waals surface area contributed by atoms with Gasteiger partial charge in [-0.3, -0.25) is 19.3 Å². The number of pyridine rings is 2. The van der Waals surface area contributed by atoms with Crippen LogP contribution >= 0.6 is 24.0 Å². The van der Waals surface area contributed by atoms with Crippen LogP contribution in [0.1, 0.15) is 43.0 Å². The van der Waals surface area contributed by atoms with Crippen LogP contribution in [0.3, 0.4) is 0 Å². The largest absolute Gasteiger partial charge is 0.478 e. The number of carboxylic acid groups (broad SMARTS) is 1. The van der Waals surface area contributed by atoms with Gasteiger partial charge in [0.2, 0.25) is 0 Å². The molecule has 0 unspecified atom stereocenters. The third-order valence-electron chi connectivity index (χ3n) is 7.46. The second kappa shape index (κ2) is 17.5. The Kier molecular flexibility index (Phi) is 13.2. The van der Waals surface area contributed by atoms with Gasteiger partial charge in [0, 0.05) is 54.5 Å². The van der Waals surface area contributed by atoms with Crippen molar-refractivity contribution in [3.8, 4) is 0 Å². The van der Waals surface area contributed by atoms with Crippen LogP contribution < -0.4 is 11.1 Å². The van der Waals surface area contributed by atoms with Gasteiger partial charge in [0.1, 0.15) is 4.32 Å². The summed E-state index contributed by atoms with van der Waals surface area (Å²) in [5, 5.41) is 8.95. The predicted molar refractivity (Wildman–Crippen MR) is 186 cm³/mol. The molecule has 1 aliphatic heterocycles. The van der Waals surface area contributed by atoms with E-state index < -0.39 is 5.97 Å². The molecule has 1 N–H and O–H groups in total. The van der Waals surface area contributed by atoms with E-state index >= 15 is 0 Å². The fourth-order valence-corrected chi connectivity index (χ4v) is 5.97. The molecule has 0 atom stereocenters. The van der Waals surface area contributed by atoms with Crippen LogP contribution in [0.25, 0.3) is 0 Å². The maximum atomic E-state index is 12.6. The number of aromatic nitrogens is 2. The molecular weight excluding hydrogens is 639 g/mol. The van der Waals surface area contributed by atoms with Crippen molar-refractivity contribution in [2.24, 2.45) is 0 Å². The number of carboxylic acids is 1. The summed E-state index contributed by atoms with van der Waals surface area (Å²) in [5.41, 5.74) is 2.85. The fourth-order valence-electron chi connectivity index (χ4n) is 4.77. The Balaban J connectivity index is 0.000000218. The van der Waals surface area contributed by atoms with E-state index in [0.29, 0.717) is 61.5 Å². The van der Waals surface area contributed by atoms with Crippen molar-refractivity contribution in [2.45, 2.75) is 40.2 Å². The van der Waals surface area contributed by atoms with Crippen molar-refractivity contribution in [2.75, 3.05) is 25.5 Å². The first kappa shape index (κ1) is 35.5. The lowest BCUT2D eigenvalue weighted by atomic mass is 10.1. The average molecular weight is 676 g/mol. The molecule has 0 radical (unpaired) electrons. The highest BCUT2D eigenvalue weighted by Gasteiger charge is 2.27. The van der Waals surface area contributed by atoms with Crippen LogP contribution in [0.4, 0.5) is 0 Å². The van der Waals surface area contributed by atoms with E-state index in [9.17, 15) is 19.2 Å². The summed E-state index contributed by atoms with van der Waals surface area (Å²) in [6, 6.07) is 22.8. The highest BCUT2D eigenvalue weighted by Crippen LogP contribution is 2.21. The monoisotopic (exact) mass is 675 g/mol. The SMILES string of the molecule is Cc1c(C(=O)N2CCSC2=S)ccn(CCOCc2ccccc2)c1=O.Cc1c(C(=O)O)ccn(CCOCc2ccccc2)c1=O. The van der Waals surface area contributed by atoms with Crippen molar-refractivity contribution in [1.82, 2.24) is 14.0 Å². The smallest absolute Gasteiger partial charge is 0.336 e. The summed E-state index contributed by atoms with van der Waals surface area (Å²) in [6.07, 6.45) is 3.14. The molecule has 5 rings (SSSR count). The number of amides is 1. The fraction of sp³-hybridized carbons (Fsp3) is 0.286. The van der Waals surface area contributed by atoms with Gasteiger partial charge in [-0.15, -0.1) is 0 Å². The Hall–Kier alpha value is -4.36. The summed E-state index contributed by atoms with van der Waals surface area (Å²) in [4.78, 5) is 49.7. The van der Waals surface area contributed by atoms with Crippen LogP contribution in [-0.4, -0.2) is 60.8 Å². The van der Waals surface area contributed by atoms with E-state index in [0.717, 1.165) is 16.9 Å². The molecule has 10 nitrogen and oxygen atoms in total. The summed E-state index contributed by atoms with van der Waals surface area (Å²) in [6.45, 7) is 6.45. The third-order valence-corrected chi connectivity index (χ3v) is 8.88. The molecule has 4 aromatic rings. The molecule has 0 saturated carbocycles. The summed E-state index contributed by atoms with van der Waals surface area (Å²) < 4.78 is 14.8. The Labute approximate surface area is 282 Å². The van der Waals surface area contributed by atoms with Gasteiger partial charge in [0.05, 0.1) is 32.0 Å². The Morgan fingerprint density at radius 1 is 0.766 bits per heavy atom. The molecule has 1 amide bonds. The van der Waals surface area contributed by atoms with Gasteiger partial charge < -0.3 is 23.7 Å². The van der Waals surface area contributed by atoms with Crippen LogP contribution in [0.2, 0.25) is 0 Å². The molecule has 0 bridgehead atoms. The minimum atomic E-state index is -1.09. The van der Waals surface area contributed by atoms with Gasteiger partial charge in [-0.25, -0.2) is 4.79 Å². The number of carbonyl (C=O) groups is 2. The van der Waals surface area contributed by atoms with Gasteiger partial charge >= 0.3 is 5.97 Å². The highest BCUT2D eigenvalue weighted by atomic mass is 32.2. The second-order valence-electron chi connectivity index (χ2n) is 10.7. The van der Waals surface area contributed by atoms with Gasteiger partial charge in [-0.05, 0) is 37.1 Å². The number of carbonyl (C=O) groups excluding carboxylic acids is 1.